The van der Waals surface area contributed by atoms with Gasteiger partial charge in [-0.05, 0) is 41.6 Å². The van der Waals surface area contributed by atoms with Gasteiger partial charge in [-0.1, -0.05) is 24.3 Å². The van der Waals surface area contributed by atoms with E-state index in [0.29, 0.717) is 34.4 Å². The smallest absolute Gasteiger partial charge is 0.361 e. The molecule has 0 bridgehead atoms. The lowest BCUT2D eigenvalue weighted by molar-refractivity contribution is -0.144. The number of fused-ring (bicyclic) bond motifs is 1. The zero-order valence-corrected chi connectivity index (χ0v) is 16.7. The molecule has 1 aliphatic heterocycles. The second-order valence-electron chi connectivity index (χ2n) is 6.92. The van der Waals surface area contributed by atoms with E-state index >= 15 is 0 Å². The van der Waals surface area contributed by atoms with E-state index in [1.807, 2.05) is 6.07 Å². The van der Waals surface area contributed by atoms with E-state index in [-0.39, 0.29) is 11.0 Å². The normalized spacial score (nSPS) is 16.6. The van der Waals surface area contributed by atoms with Gasteiger partial charge >= 0.3 is 12.4 Å². The van der Waals surface area contributed by atoms with Crippen LogP contribution in [0.4, 0.5) is 31.1 Å². The summed E-state index contributed by atoms with van der Waals surface area (Å²) < 4.78 is 78.7. The van der Waals surface area contributed by atoms with E-state index in [0.717, 1.165) is 10.9 Å². The third-order valence-corrected chi connectivity index (χ3v) is 5.76. The minimum absolute atomic E-state index is 0.000207. The quantitative estimate of drug-likeness (QED) is 0.354. The van der Waals surface area contributed by atoms with E-state index in [1.54, 1.807) is 24.4 Å². The van der Waals surface area contributed by atoms with Crippen LogP contribution in [0.3, 0.4) is 0 Å². The number of aromatic nitrogens is 1. The zero-order valence-electron chi connectivity index (χ0n) is 15.8. The van der Waals surface area contributed by atoms with Gasteiger partial charge in [0.25, 0.3) is 11.1 Å². The summed E-state index contributed by atoms with van der Waals surface area (Å²) in [5, 5.41) is -0.0319. The Labute approximate surface area is 180 Å². The Hall–Kier alpha value is -3.21. The second kappa shape index (κ2) is 7.73. The van der Waals surface area contributed by atoms with Crippen LogP contribution in [-0.4, -0.2) is 21.0 Å². The molecule has 0 saturated carbocycles. The monoisotopic (exact) mass is 470 g/mol. The first kappa shape index (κ1) is 22.0. The number of carbonyl (C=O) groups excluding carboxylic acids is 2. The molecule has 0 radical (unpaired) electrons. The number of thioether (sulfide) groups is 1. The van der Waals surface area contributed by atoms with E-state index in [9.17, 15) is 35.9 Å². The molecule has 1 N–H and O–H groups in total. The van der Waals surface area contributed by atoms with E-state index in [4.69, 9.17) is 0 Å². The zero-order chi connectivity index (χ0) is 23.3. The Morgan fingerprint density at radius 1 is 0.969 bits per heavy atom. The number of nitrogens with one attached hydrogen (secondary N) is 1. The van der Waals surface area contributed by atoms with Gasteiger partial charge in [0.1, 0.15) is 0 Å². The third-order valence-electron chi connectivity index (χ3n) is 4.85. The molecular weight excluding hydrogens is 458 g/mol. The lowest BCUT2D eigenvalue weighted by atomic mass is 10.0. The van der Waals surface area contributed by atoms with Gasteiger partial charge in [0, 0.05) is 22.7 Å². The maximum atomic E-state index is 13.4. The molecule has 4 rings (SSSR count). The number of benzene rings is 2. The maximum Gasteiger partial charge on any atom is 0.416 e. The summed E-state index contributed by atoms with van der Waals surface area (Å²) in [5.74, 6) is -0.821. The number of nitrogens with zero attached hydrogens (tertiary/aromatic N) is 1. The van der Waals surface area contributed by atoms with Crippen LogP contribution in [0.2, 0.25) is 0 Å². The highest BCUT2D eigenvalue weighted by molar-refractivity contribution is 8.18. The highest BCUT2D eigenvalue weighted by Gasteiger charge is 2.41. The van der Waals surface area contributed by atoms with Crippen LogP contribution in [0.1, 0.15) is 22.3 Å². The Morgan fingerprint density at radius 2 is 1.69 bits per heavy atom. The molecular formula is C21H12F6N2O2S. The average molecular weight is 470 g/mol. The molecule has 0 unspecified atom stereocenters. The van der Waals surface area contributed by atoms with Gasteiger partial charge in [-0.25, -0.2) is 0 Å². The predicted octanol–water partition coefficient (Wildman–Crippen LogP) is 6.44. The van der Waals surface area contributed by atoms with Gasteiger partial charge in [0.2, 0.25) is 0 Å². The number of aromatic amines is 1. The summed E-state index contributed by atoms with van der Waals surface area (Å²) in [6.45, 7) is -0.803. The van der Waals surface area contributed by atoms with Crippen molar-refractivity contribution in [2.75, 3.05) is 0 Å². The minimum Gasteiger partial charge on any atom is -0.361 e. The van der Waals surface area contributed by atoms with Crippen molar-refractivity contribution >= 4 is 39.9 Å². The molecule has 2 aromatic carbocycles. The van der Waals surface area contributed by atoms with Crippen LogP contribution in [0.15, 0.2) is 53.6 Å². The standard InChI is InChI=1S/C21H12F6N2O2S/c22-20(23,24)13-6-5-11(15(8-13)21(25,26)27)10-29-18(30)17(32-19(29)31)7-12-9-28-16-4-2-1-3-14(12)16/h1-9,28H,10H2. The molecule has 0 aliphatic carbocycles. The summed E-state index contributed by atoms with van der Waals surface area (Å²) in [7, 11) is 0. The van der Waals surface area contributed by atoms with Crippen LogP contribution in [0, 0.1) is 0 Å². The molecule has 2 heterocycles. The van der Waals surface area contributed by atoms with Gasteiger partial charge in [-0.15, -0.1) is 0 Å². The van der Waals surface area contributed by atoms with Gasteiger partial charge < -0.3 is 4.98 Å². The van der Waals surface area contributed by atoms with Gasteiger partial charge in [-0.3, -0.25) is 14.5 Å². The number of para-hydroxylation sites is 1. The first-order chi connectivity index (χ1) is 14.9. The van der Waals surface area contributed by atoms with Crippen LogP contribution >= 0.6 is 11.8 Å². The van der Waals surface area contributed by atoms with Crippen molar-refractivity contribution in [2.45, 2.75) is 18.9 Å². The van der Waals surface area contributed by atoms with Crippen LogP contribution < -0.4 is 0 Å². The third kappa shape index (κ3) is 4.12. The molecule has 0 atom stereocenters. The Balaban J connectivity index is 1.66. The number of H-pyrrole nitrogens is 1. The molecule has 4 nitrogen and oxygen atoms in total. The van der Waals surface area contributed by atoms with Crippen molar-refractivity contribution in [1.82, 2.24) is 9.88 Å². The molecule has 1 aromatic heterocycles. The molecule has 1 fully saturated rings. The van der Waals surface area contributed by atoms with E-state index in [1.165, 1.54) is 6.08 Å². The van der Waals surface area contributed by atoms with Gasteiger partial charge in [0.15, 0.2) is 0 Å². The number of alkyl halides is 6. The molecule has 1 saturated heterocycles. The number of hydrogen-bond donors (Lipinski definition) is 1. The van der Waals surface area contributed by atoms with Crippen molar-refractivity contribution < 1.29 is 35.9 Å². The van der Waals surface area contributed by atoms with Crippen molar-refractivity contribution in [1.29, 1.82) is 0 Å². The van der Waals surface area contributed by atoms with Crippen LogP contribution in [0.5, 0.6) is 0 Å². The Morgan fingerprint density at radius 3 is 2.38 bits per heavy atom. The summed E-state index contributed by atoms with van der Waals surface area (Å²) in [4.78, 5) is 28.6. The molecule has 0 spiro atoms. The first-order valence-electron chi connectivity index (χ1n) is 9.04. The van der Waals surface area contributed by atoms with Crippen LogP contribution in [-0.2, 0) is 23.7 Å². The lowest BCUT2D eigenvalue weighted by Crippen LogP contribution is -2.29. The molecule has 32 heavy (non-hydrogen) atoms. The lowest BCUT2D eigenvalue weighted by Gasteiger charge is -2.19. The number of carbonyl (C=O) groups is 2. The highest BCUT2D eigenvalue weighted by Crippen LogP contribution is 2.40. The van der Waals surface area contributed by atoms with Gasteiger partial charge in [0.05, 0.1) is 22.6 Å². The molecule has 2 amide bonds. The number of halogens is 6. The van der Waals surface area contributed by atoms with E-state index in [2.05, 4.69) is 4.98 Å². The Bertz CT molecular complexity index is 1260. The van der Waals surface area contributed by atoms with Crippen molar-refractivity contribution in [2.24, 2.45) is 0 Å². The fourth-order valence-electron chi connectivity index (χ4n) is 3.32. The minimum atomic E-state index is -5.10. The molecule has 3 aromatic rings. The Kier molecular flexibility index (Phi) is 5.32. The summed E-state index contributed by atoms with van der Waals surface area (Å²) in [6, 6.07) is 8.29. The number of amides is 2. The molecule has 1 aliphatic rings. The average Bonchev–Trinajstić information content (AvgIpc) is 3.23. The fourth-order valence-corrected chi connectivity index (χ4v) is 4.14. The van der Waals surface area contributed by atoms with Crippen LogP contribution in [0.25, 0.3) is 17.0 Å². The highest BCUT2D eigenvalue weighted by atomic mass is 32.2. The van der Waals surface area contributed by atoms with Gasteiger partial charge in [-0.2, -0.15) is 26.3 Å². The van der Waals surface area contributed by atoms with Crippen molar-refractivity contribution in [3.63, 3.8) is 0 Å². The topological polar surface area (TPSA) is 53.2 Å². The predicted molar refractivity (Wildman–Crippen MR) is 106 cm³/mol. The number of imide groups is 1. The SMILES string of the molecule is O=C1SC(=Cc2c[nH]c3ccccc23)C(=O)N1Cc1ccc(C(F)(F)F)cc1C(F)(F)F. The summed E-state index contributed by atoms with van der Waals surface area (Å²) in [6.07, 6.45) is -7.00. The number of rotatable bonds is 3. The summed E-state index contributed by atoms with van der Waals surface area (Å²) in [5.41, 5.74) is -2.23. The second-order valence-corrected chi connectivity index (χ2v) is 7.92. The van der Waals surface area contributed by atoms with Crippen molar-refractivity contribution in [3.8, 4) is 0 Å². The summed E-state index contributed by atoms with van der Waals surface area (Å²) >= 11 is 0.552. The molecule has 166 valence electrons. The fraction of sp³-hybridized carbons (Fsp3) is 0.143. The largest absolute Gasteiger partial charge is 0.416 e. The van der Waals surface area contributed by atoms with Crippen molar-refractivity contribution in [3.05, 3.63) is 75.8 Å². The maximum absolute atomic E-state index is 13.4. The molecule has 11 heteroatoms. The first-order valence-corrected chi connectivity index (χ1v) is 9.85. The number of hydrogen-bond acceptors (Lipinski definition) is 3. The van der Waals surface area contributed by atoms with E-state index < -0.39 is 46.7 Å².